The van der Waals surface area contributed by atoms with E-state index in [-0.39, 0.29) is 11.5 Å². The molecule has 0 saturated carbocycles. The topological polar surface area (TPSA) is 90.6 Å². The molecule has 1 rings (SSSR count). The minimum Gasteiger partial charge on any atom is -0.465 e. The van der Waals surface area contributed by atoms with E-state index in [4.69, 9.17) is 10.5 Å². The van der Waals surface area contributed by atoms with Gasteiger partial charge in [-0.05, 0) is 18.2 Å². The van der Waals surface area contributed by atoms with E-state index in [1.165, 1.54) is 25.3 Å². The Labute approximate surface area is 105 Å². The van der Waals surface area contributed by atoms with E-state index in [0.717, 1.165) is 0 Å². The molecule has 0 spiro atoms. The molecule has 0 saturated heterocycles. The van der Waals surface area contributed by atoms with Crippen LogP contribution in [0.5, 0.6) is 0 Å². The van der Waals surface area contributed by atoms with E-state index >= 15 is 0 Å². The van der Waals surface area contributed by atoms with Crippen LogP contribution in [0, 0.1) is 0 Å². The Morgan fingerprint density at radius 3 is 2.50 bits per heavy atom. The highest BCUT2D eigenvalue weighted by molar-refractivity contribution is 5.99. The van der Waals surface area contributed by atoms with Crippen LogP contribution >= 0.6 is 0 Å². The van der Waals surface area contributed by atoms with Gasteiger partial charge in [-0.15, -0.1) is 0 Å². The van der Waals surface area contributed by atoms with Crippen LogP contribution in [-0.4, -0.2) is 39.2 Å². The molecule has 0 radical (unpaired) electrons. The molecular formula is C12H16N2O4. The number of anilines is 1. The van der Waals surface area contributed by atoms with Gasteiger partial charge in [-0.2, -0.15) is 0 Å². The first-order valence-electron chi connectivity index (χ1n) is 5.34. The zero-order chi connectivity index (χ0) is 13.5. The third-order valence-electron chi connectivity index (χ3n) is 2.23. The number of carbonyl (C=O) groups excluding carboxylic acids is 2. The van der Waals surface area contributed by atoms with Gasteiger partial charge in [0.1, 0.15) is 0 Å². The number of ether oxygens (including phenoxy) is 2. The Kier molecular flexibility index (Phi) is 5.13. The molecule has 1 aromatic rings. The summed E-state index contributed by atoms with van der Waals surface area (Å²) in [6.45, 7) is 0.801. The molecule has 3 N–H and O–H groups in total. The van der Waals surface area contributed by atoms with Gasteiger partial charge >= 0.3 is 5.97 Å². The van der Waals surface area contributed by atoms with Crippen LogP contribution in [0.2, 0.25) is 0 Å². The van der Waals surface area contributed by atoms with Crippen molar-refractivity contribution < 1.29 is 19.1 Å². The van der Waals surface area contributed by atoms with Gasteiger partial charge in [-0.25, -0.2) is 4.79 Å². The molecule has 0 heterocycles. The summed E-state index contributed by atoms with van der Waals surface area (Å²) in [5, 5.41) is 2.64. The lowest BCUT2D eigenvalue weighted by atomic mass is 10.1. The highest BCUT2D eigenvalue weighted by Crippen LogP contribution is 2.13. The highest BCUT2D eigenvalue weighted by atomic mass is 16.5. The van der Waals surface area contributed by atoms with Crippen LogP contribution in [0.4, 0.5) is 5.69 Å². The molecule has 0 fully saturated rings. The first-order valence-corrected chi connectivity index (χ1v) is 5.34. The maximum atomic E-state index is 11.8. The van der Waals surface area contributed by atoms with E-state index in [1.54, 1.807) is 7.11 Å². The monoisotopic (exact) mass is 252 g/mol. The molecule has 6 nitrogen and oxygen atoms in total. The van der Waals surface area contributed by atoms with E-state index in [0.29, 0.717) is 24.4 Å². The Hall–Kier alpha value is -2.08. The molecule has 1 amide bonds. The number of nitrogen functional groups attached to an aromatic ring is 1. The number of esters is 1. The van der Waals surface area contributed by atoms with Crippen molar-refractivity contribution in [2.24, 2.45) is 0 Å². The Bertz CT molecular complexity index is 446. The molecule has 0 unspecified atom stereocenters. The lowest BCUT2D eigenvalue weighted by Gasteiger charge is -2.07. The van der Waals surface area contributed by atoms with Crippen molar-refractivity contribution in [1.29, 1.82) is 0 Å². The number of benzene rings is 1. The summed E-state index contributed by atoms with van der Waals surface area (Å²) in [6, 6.07) is 4.39. The number of hydrogen-bond donors (Lipinski definition) is 2. The zero-order valence-electron chi connectivity index (χ0n) is 10.4. The van der Waals surface area contributed by atoms with Crippen LogP contribution in [0.3, 0.4) is 0 Å². The number of nitrogens with one attached hydrogen (secondary N) is 1. The second-order valence-electron chi connectivity index (χ2n) is 3.58. The Morgan fingerprint density at radius 2 is 1.89 bits per heavy atom. The Balaban J connectivity index is 2.85. The summed E-state index contributed by atoms with van der Waals surface area (Å²) in [6.07, 6.45) is 0. The summed E-state index contributed by atoms with van der Waals surface area (Å²) in [7, 11) is 2.81. The van der Waals surface area contributed by atoms with Crippen molar-refractivity contribution in [3.8, 4) is 0 Å². The number of rotatable bonds is 5. The summed E-state index contributed by atoms with van der Waals surface area (Å²) >= 11 is 0. The van der Waals surface area contributed by atoms with Gasteiger partial charge in [0.2, 0.25) is 0 Å². The minimum atomic E-state index is -0.534. The molecule has 0 aliphatic rings. The summed E-state index contributed by atoms with van der Waals surface area (Å²) in [4.78, 5) is 23.1. The van der Waals surface area contributed by atoms with Crippen molar-refractivity contribution in [3.05, 3.63) is 29.3 Å². The maximum Gasteiger partial charge on any atom is 0.337 e. The van der Waals surface area contributed by atoms with Crippen LogP contribution in [0.25, 0.3) is 0 Å². The van der Waals surface area contributed by atoms with Gasteiger partial charge in [0, 0.05) is 24.9 Å². The second-order valence-corrected chi connectivity index (χ2v) is 3.58. The first kappa shape index (κ1) is 14.0. The van der Waals surface area contributed by atoms with Gasteiger partial charge in [0.25, 0.3) is 5.91 Å². The molecule has 0 aromatic heterocycles. The summed E-state index contributed by atoms with van der Waals surface area (Å²) < 4.78 is 9.40. The molecule has 1 aromatic carbocycles. The van der Waals surface area contributed by atoms with Crippen molar-refractivity contribution in [2.45, 2.75) is 0 Å². The number of nitrogens with two attached hydrogens (primary N) is 1. The molecular weight excluding hydrogens is 236 g/mol. The standard InChI is InChI=1S/C12H16N2O4/c1-17-4-3-14-11(15)8-5-9(12(16)18-2)7-10(13)6-8/h5-7H,3-4,13H2,1-2H3,(H,14,15). The van der Waals surface area contributed by atoms with Crippen molar-refractivity contribution in [1.82, 2.24) is 5.32 Å². The van der Waals surface area contributed by atoms with E-state index in [1.807, 2.05) is 0 Å². The smallest absolute Gasteiger partial charge is 0.337 e. The molecule has 0 bridgehead atoms. The highest BCUT2D eigenvalue weighted by Gasteiger charge is 2.12. The van der Waals surface area contributed by atoms with Crippen LogP contribution in [0.15, 0.2) is 18.2 Å². The third-order valence-corrected chi connectivity index (χ3v) is 2.23. The lowest BCUT2D eigenvalue weighted by molar-refractivity contribution is 0.0601. The minimum absolute atomic E-state index is 0.245. The third kappa shape index (κ3) is 3.74. The average Bonchev–Trinajstić information content (AvgIpc) is 2.37. The Morgan fingerprint density at radius 1 is 1.22 bits per heavy atom. The fraction of sp³-hybridized carbons (Fsp3) is 0.333. The number of hydrogen-bond acceptors (Lipinski definition) is 5. The van der Waals surface area contributed by atoms with Gasteiger partial charge < -0.3 is 20.5 Å². The van der Waals surface area contributed by atoms with Gasteiger partial charge in [0.15, 0.2) is 0 Å². The number of methoxy groups -OCH3 is 2. The van der Waals surface area contributed by atoms with Crippen molar-refractivity contribution in [3.63, 3.8) is 0 Å². The maximum absolute atomic E-state index is 11.8. The number of carbonyl (C=O) groups is 2. The molecule has 98 valence electrons. The second kappa shape index (κ2) is 6.61. The molecule has 6 heteroatoms. The fourth-order valence-electron chi connectivity index (χ4n) is 1.39. The van der Waals surface area contributed by atoms with Gasteiger partial charge in [0.05, 0.1) is 19.3 Å². The normalized spacial score (nSPS) is 9.89. The zero-order valence-corrected chi connectivity index (χ0v) is 10.4. The number of amides is 1. The van der Waals surface area contributed by atoms with E-state index < -0.39 is 5.97 Å². The van der Waals surface area contributed by atoms with Crippen molar-refractivity contribution in [2.75, 3.05) is 33.1 Å². The van der Waals surface area contributed by atoms with Crippen LogP contribution < -0.4 is 11.1 Å². The molecule has 18 heavy (non-hydrogen) atoms. The molecule has 0 atom stereocenters. The van der Waals surface area contributed by atoms with Gasteiger partial charge in [-0.1, -0.05) is 0 Å². The predicted octanol–water partition coefficient (Wildman–Crippen LogP) is 0.432. The first-order chi connectivity index (χ1) is 8.58. The molecule has 0 aliphatic heterocycles. The summed E-state index contributed by atoms with van der Waals surface area (Å²) in [5.41, 5.74) is 6.52. The van der Waals surface area contributed by atoms with Gasteiger partial charge in [-0.3, -0.25) is 4.79 Å². The van der Waals surface area contributed by atoms with E-state index in [9.17, 15) is 9.59 Å². The predicted molar refractivity (Wildman–Crippen MR) is 66.4 cm³/mol. The van der Waals surface area contributed by atoms with Crippen LogP contribution in [-0.2, 0) is 9.47 Å². The largest absolute Gasteiger partial charge is 0.465 e. The fourth-order valence-corrected chi connectivity index (χ4v) is 1.39. The average molecular weight is 252 g/mol. The molecule has 0 aliphatic carbocycles. The van der Waals surface area contributed by atoms with Crippen molar-refractivity contribution >= 4 is 17.6 Å². The summed E-state index contributed by atoms with van der Waals surface area (Å²) in [5.74, 6) is -0.849. The van der Waals surface area contributed by atoms with Crippen LogP contribution in [0.1, 0.15) is 20.7 Å². The van der Waals surface area contributed by atoms with E-state index in [2.05, 4.69) is 10.1 Å². The quantitative estimate of drug-likeness (QED) is 0.450. The SMILES string of the molecule is COCCNC(=O)c1cc(N)cc(C(=O)OC)c1. The lowest BCUT2D eigenvalue weighted by Crippen LogP contribution is -2.27.